The average molecular weight is 1050 g/mol. The highest BCUT2D eigenvalue weighted by molar-refractivity contribution is 6.11. The molecule has 0 spiro atoms. The third-order valence-corrected chi connectivity index (χ3v) is 12.6. The Hall–Kier alpha value is -8.65. The Balaban J connectivity index is 0.000000343. The molecule has 0 fully saturated rings. The molecule has 0 radical (unpaired) electrons. The van der Waals surface area contributed by atoms with Crippen LogP contribution in [0.15, 0.2) is 133 Å². The topological polar surface area (TPSA) is 73.2 Å². The molecule has 3 heterocycles. The van der Waals surface area contributed by atoms with Crippen molar-refractivity contribution in [3.05, 3.63) is 184 Å². The molecule has 20 heteroatoms. The maximum Gasteiger partial charge on any atom is 0.416 e. The lowest BCUT2D eigenvalue weighted by Gasteiger charge is -2.16. The highest BCUT2D eigenvalue weighted by Crippen LogP contribution is 2.44. The lowest BCUT2D eigenvalue weighted by atomic mass is 9.99. The molecule has 0 aliphatic heterocycles. The van der Waals surface area contributed by atoms with Crippen molar-refractivity contribution in [3.63, 3.8) is 0 Å². The number of aryl methyl sites for hydroxylation is 1. The van der Waals surface area contributed by atoms with E-state index in [-0.39, 0.29) is 77.2 Å². The largest absolute Gasteiger partial charge is 0.416 e. The first kappa shape index (κ1) is 51.3. The predicted molar refractivity (Wildman–Crippen MR) is 253 cm³/mol. The van der Waals surface area contributed by atoms with E-state index in [0.717, 1.165) is 111 Å². The first-order valence-corrected chi connectivity index (χ1v) is 22.0. The molecule has 7 aromatic carbocycles. The third-order valence-electron chi connectivity index (χ3n) is 12.6. The number of nitrogens with one attached hydrogen (secondary N) is 1. The van der Waals surface area contributed by atoms with Crippen molar-refractivity contribution in [2.75, 3.05) is 0 Å². The van der Waals surface area contributed by atoms with Gasteiger partial charge >= 0.3 is 30.9 Å². The first-order chi connectivity index (χ1) is 35.1. The quantitative estimate of drug-likeness (QED) is 0.178. The second-order valence-corrected chi connectivity index (χ2v) is 17.2. The number of aromatic amines is 1. The second-order valence-electron chi connectivity index (χ2n) is 17.2. The van der Waals surface area contributed by atoms with E-state index >= 15 is 0 Å². The Bertz CT molecular complexity index is 3700. The van der Waals surface area contributed by atoms with Gasteiger partial charge in [0.15, 0.2) is 0 Å². The number of alkyl halides is 15. The van der Waals surface area contributed by atoms with Crippen molar-refractivity contribution in [1.29, 1.82) is 10.5 Å². The van der Waals surface area contributed by atoms with Gasteiger partial charge in [-0.15, -0.1) is 0 Å². The minimum Gasteiger partial charge on any atom is -0.358 e. The van der Waals surface area contributed by atoms with Gasteiger partial charge in [-0.2, -0.15) is 76.4 Å². The summed E-state index contributed by atoms with van der Waals surface area (Å²) in [5, 5.41) is 21.7. The number of aromatic nitrogens is 3. The summed E-state index contributed by atoms with van der Waals surface area (Å²) in [6, 6.07) is 26.0. The molecule has 3 aromatic heterocycles. The van der Waals surface area contributed by atoms with Gasteiger partial charge in [-0.05, 0) is 110 Å². The number of halogens is 15. The van der Waals surface area contributed by atoms with Crippen LogP contribution in [0.1, 0.15) is 57.1 Å². The zero-order chi connectivity index (χ0) is 54.3. The van der Waals surface area contributed by atoms with E-state index in [1.54, 1.807) is 0 Å². The SMILES string of the molecule is C/C=C\c1c(C)[nH]c2cc(C(F)(F)F)ccc12.N#Cc1ccc(-c2ccc(C#N)c(-n3c4cc(C(F)(F)F)ccc4c4ccc(C(F)(F)F)cc43)c2)cc1-n1c2cc(C(F)(F)F)ccc2c2ccc(C(F)(F)F)cc21. The number of fused-ring (bicyclic) bond motifs is 7. The number of allylic oxidation sites excluding steroid dienone is 1. The second kappa shape index (κ2) is 18.1. The van der Waals surface area contributed by atoms with Crippen molar-refractivity contribution in [2.45, 2.75) is 44.7 Å². The fourth-order valence-corrected chi connectivity index (χ4v) is 9.15. The summed E-state index contributed by atoms with van der Waals surface area (Å²) in [5.41, 5.74) is -3.86. The Kier molecular flexibility index (Phi) is 12.4. The van der Waals surface area contributed by atoms with Gasteiger partial charge in [0.05, 0.1) is 72.4 Å². The average Bonchev–Trinajstić information content (AvgIpc) is 3.98. The number of hydrogen-bond donors (Lipinski definition) is 1. The predicted octanol–water partition coefficient (Wildman–Crippen LogP) is 17.9. The minimum atomic E-state index is -4.86. The molecule has 0 atom stereocenters. The number of nitriles is 2. The van der Waals surface area contributed by atoms with Gasteiger partial charge in [0.1, 0.15) is 12.1 Å². The monoisotopic (exact) mass is 1050 g/mol. The van der Waals surface area contributed by atoms with E-state index in [1.807, 2.05) is 38.1 Å². The first-order valence-electron chi connectivity index (χ1n) is 22.0. The zero-order valence-electron chi connectivity index (χ0n) is 38.2. The van der Waals surface area contributed by atoms with E-state index < -0.39 is 58.7 Å². The Labute approximate surface area is 413 Å². The summed E-state index contributed by atoms with van der Waals surface area (Å²) in [7, 11) is 0. The summed E-state index contributed by atoms with van der Waals surface area (Å²) in [6.45, 7) is 3.73. The molecule has 0 bridgehead atoms. The van der Waals surface area contributed by atoms with E-state index in [9.17, 15) is 76.4 Å². The molecule has 0 saturated heterocycles. The summed E-state index contributed by atoms with van der Waals surface area (Å²) < 4.78 is 208. The van der Waals surface area contributed by atoms with Crippen LogP contribution in [0.25, 0.3) is 83.1 Å². The molecule has 0 aliphatic rings. The van der Waals surface area contributed by atoms with Gasteiger partial charge < -0.3 is 14.1 Å². The van der Waals surface area contributed by atoms with Crippen molar-refractivity contribution >= 4 is 60.6 Å². The van der Waals surface area contributed by atoms with Crippen LogP contribution in [-0.4, -0.2) is 14.1 Å². The molecule has 0 aliphatic carbocycles. The molecule has 380 valence electrons. The lowest BCUT2D eigenvalue weighted by molar-refractivity contribution is -0.138. The molecule has 0 saturated carbocycles. The Morgan fingerprint density at radius 2 is 0.720 bits per heavy atom. The van der Waals surface area contributed by atoms with Crippen LogP contribution in [0.4, 0.5) is 65.9 Å². The van der Waals surface area contributed by atoms with E-state index in [4.69, 9.17) is 0 Å². The molecule has 1 N–H and O–H groups in total. The Morgan fingerprint density at radius 1 is 0.413 bits per heavy atom. The maximum atomic E-state index is 14.0. The highest BCUT2D eigenvalue weighted by atomic mass is 19.4. The summed E-state index contributed by atoms with van der Waals surface area (Å²) in [6.07, 6.45) is -20.0. The molecule has 10 rings (SSSR count). The molecule has 0 unspecified atom stereocenters. The lowest BCUT2D eigenvalue weighted by Crippen LogP contribution is -2.06. The third kappa shape index (κ3) is 9.36. The van der Waals surface area contributed by atoms with Gasteiger partial charge in [-0.25, -0.2) is 0 Å². The van der Waals surface area contributed by atoms with Crippen LogP contribution in [0.3, 0.4) is 0 Å². The van der Waals surface area contributed by atoms with Crippen LogP contribution in [0.2, 0.25) is 0 Å². The highest BCUT2D eigenvalue weighted by Gasteiger charge is 2.36. The summed E-state index contributed by atoms with van der Waals surface area (Å²) >= 11 is 0. The van der Waals surface area contributed by atoms with Crippen LogP contribution in [0.5, 0.6) is 0 Å². The van der Waals surface area contributed by atoms with Crippen LogP contribution < -0.4 is 0 Å². The van der Waals surface area contributed by atoms with Crippen molar-refractivity contribution in [3.8, 4) is 34.6 Å². The maximum absolute atomic E-state index is 14.0. The number of rotatable bonds is 4. The van der Waals surface area contributed by atoms with E-state index in [2.05, 4.69) is 4.98 Å². The van der Waals surface area contributed by atoms with Crippen molar-refractivity contribution < 1.29 is 65.9 Å². The number of hydrogen-bond acceptors (Lipinski definition) is 2. The fraction of sp³-hybridized carbons (Fsp3) is 0.127. The van der Waals surface area contributed by atoms with Gasteiger partial charge in [0.2, 0.25) is 0 Å². The van der Waals surface area contributed by atoms with E-state index in [0.29, 0.717) is 5.52 Å². The summed E-state index contributed by atoms with van der Waals surface area (Å²) in [5.74, 6) is 0. The summed E-state index contributed by atoms with van der Waals surface area (Å²) in [4.78, 5) is 2.97. The standard InChI is InChI=1S/C42H18F12N4.C13H12F3N/c43-39(44,45)25-5-9-29-30-10-6-26(40(46,47)48)16-36(30)57(35(29)15-25)33-13-21(1-3-23(33)19-55)22-2-4-24(20-56)34(14-22)58-37-17-27(41(49,50)51)7-11-31(37)32-12-8-28(18-38(32)58)42(52,53)54;1-3-4-10-8(2)17-12-7-9(13(14,15)16)5-6-11(10)12/h1-18H;3-7,17H,1-2H3/b;4-3-. The number of H-pyrrole nitrogens is 1. The Morgan fingerprint density at radius 3 is 1.01 bits per heavy atom. The van der Waals surface area contributed by atoms with Crippen molar-refractivity contribution in [2.24, 2.45) is 0 Å². The van der Waals surface area contributed by atoms with Crippen LogP contribution in [0, 0.1) is 29.6 Å². The van der Waals surface area contributed by atoms with Gasteiger partial charge in [0, 0.05) is 43.7 Å². The number of nitrogens with zero attached hydrogens (tertiary/aromatic N) is 4. The van der Waals surface area contributed by atoms with E-state index in [1.165, 1.54) is 42.5 Å². The number of benzene rings is 7. The van der Waals surface area contributed by atoms with Crippen LogP contribution >= 0.6 is 0 Å². The zero-order valence-corrected chi connectivity index (χ0v) is 38.2. The van der Waals surface area contributed by atoms with Crippen molar-refractivity contribution in [1.82, 2.24) is 14.1 Å². The van der Waals surface area contributed by atoms with Crippen LogP contribution in [-0.2, 0) is 30.9 Å². The fourth-order valence-electron chi connectivity index (χ4n) is 9.15. The molecule has 5 nitrogen and oxygen atoms in total. The molecular formula is C55H30F15N5. The minimum absolute atomic E-state index is 0.134. The van der Waals surface area contributed by atoms with Gasteiger partial charge in [-0.3, -0.25) is 0 Å². The smallest absolute Gasteiger partial charge is 0.358 e. The molecule has 10 aromatic rings. The molecular weight excluding hydrogens is 1020 g/mol. The van der Waals surface area contributed by atoms with Gasteiger partial charge in [0.25, 0.3) is 0 Å². The normalized spacial score (nSPS) is 12.8. The van der Waals surface area contributed by atoms with Gasteiger partial charge in [-0.1, -0.05) is 54.6 Å². The molecule has 0 amide bonds. The molecule has 75 heavy (non-hydrogen) atoms.